The number of amides is 1. The van der Waals surface area contributed by atoms with Crippen molar-refractivity contribution < 1.29 is 23.9 Å². The van der Waals surface area contributed by atoms with Gasteiger partial charge in [0.15, 0.2) is 17.3 Å². The molecule has 0 unspecified atom stereocenters. The Kier molecular flexibility index (Phi) is 5.88. The zero-order chi connectivity index (χ0) is 22.8. The molecule has 0 spiro atoms. The normalized spacial score (nSPS) is 12.1. The molecule has 3 aromatic carbocycles. The Balaban J connectivity index is 1.52. The molecule has 7 heteroatoms. The van der Waals surface area contributed by atoms with Crippen LogP contribution in [0.3, 0.4) is 0 Å². The van der Waals surface area contributed by atoms with Crippen molar-refractivity contribution in [3.63, 3.8) is 0 Å². The highest BCUT2D eigenvalue weighted by Crippen LogP contribution is 2.32. The number of carbonyl (C=O) groups is 4. The van der Waals surface area contributed by atoms with Gasteiger partial charge >= 0.3 is 0 Å². The fourth-order valence-corrected chi connectivity index (χ4v) is 3.89. The SMILES string of the molecule is COc1ccc(Cl)cc1C(=O)CCC(=O)Nc1cccc2c1C(=O)c1ccccc1C2=O. The molecule has 0 saturated carbocycles. The first-order valence-corrected chi connectivity index (χ1v) is 10.3. The van der Waals surface area contributed by atoms with Gasteiger partial charge in [0.25, 0.3) is 0 Å². The van der Waals surface area contributed by atoms with E-state index < -0.39 is 5.91 Å². The highest BCUT2D eigenvalue weighted by molar-refractivity contribution is 6.31. The molecule has 0 bridgehead atoms. The van der Waals surface area contributed by atoms with Crippen molar-refractivity contribution in [3.8, 4) is 5.75 Å². The summed E-state index contributed by atoms with van der Waals surface area (Å²) >= 11 is 5.97. The fourth-order valence-electron chi connectivity index (χ4n) is 3.72. The van der Waals surface area contributed by atoms with Crippen LogP contribution in [0.2, 0.25) is 5.02 Å². The quantitative estimate of drug-likeness (QED) is 0.432. The summed E-state index contributed by atoms with van der Waals surface area (Å²) in [6.45, 7) is 0. The first-order valence-electron chi connectivity index (χ1n) is 9.88. The zero-order valence-corrected chi connectivity index (χ0v) is 17.9. The second kappa shape index (κ2) is 8.77. The predicted molar refractivity (Wildman–Crippen MR) is 120 cm³/mol. The van der Waals surface area contributed by atoms with E-state index in [0.29, 0.717) is 27.5 Å². The summed E-state index contributed by atoms with van der Waals surface area (Å²) in [4.78, 5) is 51.0. The molecule has 0 atom stereocenters. The number of Topliss-reactive ketones (excluding diaryl/α,β-unsaturated/α-hetero) is 1. The van der Waals surface area contributed by atoms with Crippen LogP contribution in [0.25, 0.3) is 0 Å². The Morgan fingerprint density at radius 1 is 0.875 bits per heavy atom. The van der Waals surface area contributed by atoms with E-state index in [1.807, 2.05) is 0 Å². The van der Waals surface area contributed by atoms with Crippen LogP contribution in [-0.4, -0.2) is 30.4 Å². The Bertz CT molecular complexity index is 1280. The van der Waals surface area contributed by atoms with Gasteiger partial charge in [-0.25, -0.2) is 0 Å². The minimum absolute atomic E-state index is 0.0761. The van der Waals surface area contributed by atoms with Gasteiger partial charge in [0, 0.05) is 34.6 Å². The maximum absolute atomic E-state index is 13.0. The summed E-state index contributed by atoms with van der Waals surface area (Å²) in [6, 6.07) is 16.0. The second-order valence-electron chi connectivity index (χ2n) is 7.25. The highest BCUT2D eigenvalue weighted by Gasteiger charge is 2.31. The molecular weight excluding hydrogens is 430 g/mol. The van der Waals surface area contributed by atoms with Crippen LogP contribution >= 0.6 is 11.6 Å². The first kappa shape index (κ1) is 21.5. The number of anilines is 1. The molecule has 1 amide bonds. The molecule has 0 fully saturated rings. The van der Waals surface area contributed by atoms with Crippen LogP contribution in [0.4, 0.5) is 5.69 Å². The molecule has 32 heavy (non-hydrogen) atoms. The highest BCUT2D eigenvalue weighted by atomic mass is 35.5. The maximum Gasteiger partial charge on any atom is 0.224 e. The van der Waals surface area contributed by atoms with Crippen molar-refractivity contribution in [2.45, 2.75) is 12.8 Å². The zero-order valence-electron chi connectivity index (χ0n) is 17.1. The molecule has 1 N–H and O–H groups in total. The largest absolute Gasteiger partial charge is 0.496 e. The van der Waals surface area contributed by atoms with E-state index >= 15 is 0 Å². The van der Waals surface area contributed by atoms with Gasteiger partial charge in [0.05, 0.1) is 23.9 Å². The van der Waals surface area contributed by atoms with Gasteiger partial charge in [0.2, 0.25) is 5.91 Å². The van der Waals surface area contributed by atoms with Gasteiger partial charge in [-0.05, 0) is 24.3 Å². The summed E-state index contributed by atoms with van der Waals surface area (Å²) in [7, 11) is 1.45. The van der Waals surface area contributed by atoms with Crippen molar-refractivity contribution in [2.24, 2.45) is 0 Å². The molecule has 6 nitrogen and oxygen atoms in total. The Morgan fingerprint density at radius 3 is 2.28 bits per heavy atom. The number of hydrogen-bond donors (Lipinski definition) is 1. The Labute approximate surface area is 189 Å². The predicted octanol–water partition coefficient (Wildman–Crippen LogP) is 4.73. The summed E-state index contributed by atoms with van der Waals surface area (Å²) < 4.78 is 5.19. The molecule has 160 valence electrons. The number of fused-ring (bicyclic) bond motifs is 2. The molecule has 1 aliphatic carbocycles. The lowest BCUT2D eigenvalue weighted by Crippen LogP contribution is -2.24. The van der Waals surface area contributed by atoms with Gasteiger partial charge < -0.3 is 10.1 Å². The van der Waals surface area contributed by atoms with Gasteiger partial charge in [-0.2, -0.15) is 0 Å². The number of methoxy groups -OCH3 is 1. The van der Waals surface area contributed by atoms with E-state index in [9.17, 15) is 19.2 Å². The van der Waals surface area contributed by atoms with E-state index in [1.54, 1.807) is 54.6 Å². The van der Waals surface area contributed by atoms with Crippen molar-refractivity contribution in [2.75, 3.05) is 12.4 Å². The van der Waals surface area contributed by atoms with Gasteiger partial charge in [-0.15, -0.1) is 0 Å². The van der Waals surface area contributed by atoms with Crippen LogP contribution in [0.1, 0.15) is 55.0 Å². The van der Waals surface area contributed by atoms with Crippen LogP contribution < -0.4 is 10.1 Å². The van der Waals surface area contributed by atoms with Crippen molar-refractivity contribution in [1.82, 2.24) is 0 Å². The van der Waals surface area contributed by atoms with E-state index in [1.165, 1.54) is 13.2 Å². The third-order valence-electron chi connectivity index (χ3n) is 5.27. The second-order valence-corrected chi connectivity index (χ2v) is 7.68. The van der Waals surface area contributed by atoms with Crippen molar-refractivity contribution in [1.29, 1.82) is 0 Å². The monoisotopic (exact) mass is 447 g/mol. The molecule has 0 aromatic heterocycles. The number of benzene rings is 3. The molecule has 3 aromatic rings. The smallest absolute Gasteiger partial charge is 0.224 e. The molecule has 0 aliphatic heterocycles. The number of carbonyl (C=O) groups excluding carboxylic acids is 4. The number of ketones is 3. The summed E-state index contributed by atoms with van der Waals surface area (Å²) in [5, 5.41) is 3.06. The van der Waals surface area contributed by atoms with Gasteiger partial charge in [-0.3, -0.25) is 19.2 Å². The summed E-state index contributed by atoms with van der Waals surface area (Å²) in [5.74, 6) is -0.971. The number of nitrogens with one attached hydrogen (secondary N) is 1. The number of halogens is 1. The van der Waals surface area contributed by atoms with Crippen molar-refractivity contribution in [3.05, 3.63) is 93.5 Å². The molecule has 0 saturated heterocycles. The standard InChI is InChI=1S/C25H18ClNO5/c1-32-21-11-9-14(26)13-18(21)20(28)10-12-22(29)27-19-8-4-7-17-23(19)25(31)16-6-3-2-5-15(16)24(17)30/h2-9,11,13H,10,12H2,1H3,(H,27,29). The van der Waals surface area contributed by atoms with Crippen LogP contribution in [0.15, 0.2) is 60.7 Å². The maximum atomic E-state index is 13.0. The topological polar surface area (TPSA) is 89.5 Å². The van der Waals surface area contributed by atoms with E-state index in [0.717, 1.165) is 0 Å². The number of ether oxygens (including phenoxy) is 1. The Hall–Kier alpha value is -3.77. The molecule has 1 aliphatic rings. The van der Waals surface area contributed by atoms with E-state index in [2.05, 4.69) is 5.32 Å². The minimum Gasteiger partial charge on any atom is -0.496 e. The molecular formula is C25H18ClNO5. The number of hydrogen-bond acceptors (Lipinski definition) is 5. The minimum atomic E-state index is -0.452. The average molecular weight is 448 g/mol. The molecule has 0 radical (unpaired) electrons. The Morgan fingerprint density at radius 2 is 1.56 bits per heavy atom. The van der Waals surface area contributed by atoms with Crippen LogP contribution in [0.5, 0.6) is 5.75 Å². The third-order valence-corrected chi connectivity index (χ3v) is 5.50. The fraction of sp³-hybridized carbons (Fsp3) is 0.120. The van der Waals surface area contributed by atoms with Crippen LogP contribution in [-0.2, 0) is 4.79 Å². The summed E-state index contributed by atoms with van der Waals surface area (Å²) in [6.07, 6.45) is -0.190. The van der Waals surface area contributed by atoms with Crippen LogP contribution in [0, 0.1) is 0 Å². The lowest BCUT2D eigenvalue weighted by molar-refractivity contribution is -0.116. The number of rotatable bonds is 6. The lowest BCUT2D eigenvalue weighted by Gasteiger charge is -2.20. The lowest BCUT2D eigenvalue weighted by atomic mass is 9.83. The van der Waals surface area contributed by atoms with Gasteiger partial charge in [-0.1, -0.05) is 48.0 Å². The molecule has 4 rings (SSSR count). The van der Waals surface area contributed by atoms with E-state index in [-0.39, 0.29) is 47.0 Å². The molecule has 0 heterocycles. The third kappa shape index (κ3) is 3.92. The first-order chi connectivity index (χ1) is 15.4. The summed E-state index contributed by atoms with van der Waals surface area (Å²) in [5.41, 5.74) is 1.58. The average Bonchev–Trinajstić information content (AvgIpc) is 2.81. The van der Waals surface area contributed by atoms with Gasteiger partial charge in [0.1, 0.15) is 5.75 Å². The van der Waals surface area contributed by atoms with Crippen molar-refractivity contribution >= 4 is 40.5 Å². The van der Waals surface area contributed by atoms with E-state index in [4.69, 9.17) is 16.3 Å².